The van der Waals surface area contributed by atoms with Gasteiger partial charge in [-0.3, -0.25) is 4.79 Å². The molecule has 0 fully saturated rings. The Morgan fingerprint density at radius 2 is 2.05 bits per heavy atom. The molecule has 2 N–H and O–H groups in total. The highest BCUT2D eigenvalue weighted by Crippen LogP contribution is 2.22. The molecule has 1 atom stereocenters. The van der Waals surface area contributed by atoms with Crippen molar-refractivity contribution in [3.63, 3.8) is 0 Å². The van der Waals surface area contributed by atoms with E-state index in [0.29, 0.717) is 5.56 Å². The predicted molar refractivity (Wildman–Crippen MR) is 86.0 cm³/mol. The van der Waals surface area contributed by atoms with E-state index in [-0.39, 0.29) is 5.92 Å². The number of amides is 1. The maximum absolute atomic E-state index is 12.3. The van der Waals surface area contributed by atoms with Crippen LogP contribution >= 0.6 is 11.3 Å². The zero-order chi connectivity index (χ0) is 16.3. The summed E-state index contributed by atoms with van der Waals surface area (Å²) in [6.07, 6.45) is 0. The fourth-order valence-electron chi connectivity index (χ4n) is 2.05. The van der Waals surface area contributed by atoms with Gasteiger partial charge in [0.25, 0.3) is 5.91 Å². The second kappa shape index (κ2) is 6.70. The Bertz CT molecular complexity index is 694. The number of rotatable bonds is 5. The van der Waals surface area contributed by atoms with Gasteiger partial charge < -0.3 is 10.4 Å². The van der Waals surface area contributed by atoms with Crippen LogP contribution in [0.1, 0.15) is 29.2 Å². The number of aliphatic carboxylic acids is 1. The highest BCUT2D eigenvalue weighted by atomic mass is 32.1. The van der Waals surface area contributed by atoms with Crippen molar-refractivity contribution in [3.8, 4) is 11.3 Å². The van der Waals surface area contributed by atoms with Gasteiger partial charge in [-0.2, -0.15) is 0 Å². The molecular formula is C16H18N2O3S. The molecule has 1 heterocycles. The van der Waals surface area contributed by atoms with E-state index >= 15 is 0 Å². The Hall–Kier alpha value is -2.21. The number of carbonyl (C=O) groups is 2. The summed E-state index contributed by atoms with van der Waals surface area (Å²) in [4.78, 5) is 27.8. The van der Waals surface area contributed by atoms with Crippen LogP contribution in [0.3, 0.4) is 0 Å². The quantitative estimate of drug-likeness (QED) is 0.888. The fraction of sp³-hybridized carbons (Fsp3) is 0.312. The standard InChI is InChI=1S/C16H18N2O3S/c1-9(2)14(16(20)21)18-15(19)12-6-4-5-11(7-12)13-8-22-10(3)17-13/h4-9,14H,1-3H3,(H,18,19)(H,20,21)/t14-/m1/s1. The zero-order valence-corrected chi connectivity index (χ0v) is 13.5. The highest BCUT2D eigenvalue weighted by molar-refractivity contribution is 7.09. The van der Waals surface area contributed by atoms with Crippen LogP contribution in [0.5, 0.6) is 0 Å². The van der Waals surface area contributed by atoms with Crippen molar-refractivity contribution in [1.82, 2.24) is 10.3 Å². The van der Waals surface area contributed by atoms with E-state index in [1.807, 2.05) is 18.4 Å². The van der Waals surface area contributed by atoms with E-state index in [9.17, 15) is 9.59 Å². The predicted octanol–water partition coefficient (Wildman–Crippen LogP) is 2.96. The summed E-state index contributed by atoms with van der Waals surface area (Å²) >= 11 is 1.54. The van der Waals surface area contributed by atoms with Gasteiger partial charge in [0.1, 0.15) is 6.04 Å². The molecule has 6 heteroatoms. The Labute approximate surface area is 133 Å². The molecule has 2 aromatic rings. The molecule has 0 saturated heterocycles. The van der Waals surface area contributed by atoms with Crippen molar-refractivity contribution < 1.29 is 14.7 Å². The first-order valence-corrected chi connectivity index (χ1v) is 7.82. The highest BCUT2D eigenvalue weighted by Gasteiger charge is 2.24. The average molecular weight is 318 g/mol. The molecule has 0 saturated carbocycles. The summed E-state index contributed by atoms with van der Waals surface area (Å²) in [5.74, 6) is -1.62. The molecule has 22 heavy (non-hydrogen) atoms. The van der Waals surface area contributed by atoms with E-state index in [4.69, 9.17) is 5.11 Å². The van der Waals surface area contributed by atoms with Crippen molar-refractivity contribution in [3.05, 3.63) is 40.2 Å². The van der Waals surface area contributed by atoms with Gasteiger partial charge in [-0.05, 0) is 25.0 Å². The average Bonchev–Trinajstić information content (AvgIpc) is 2.90. The van der Waals surface area contributed by atoms with Gasteiger partial charge in [-0.25, -0.2) is 9.78 Å². The maximum atomic E-state index is 12.3. The number of hydrogen-bond donors (Lipinski definition) is 2. The van der Waals surface area contributed by atoms with Crippen LogP contribution in [0, 0.1) is 12.8 Å². The number of carboxylic acid groups (broad SMARTS) is 1. The third kappa shape index (κ3) is 3.71. The van der Waals surface area contributed by atoms with Gasteiger partial charge in [0, 0.05) is 16.5 Å². The monoisotopic (exact) mass is 318 g/mol. The minimum atomic E-state index is -1.03. The maximum Gasteiger partial charge on any atom is 0.326 e. The fourth-order valence-corrected chi connectivity index (χ4v) is 2.68. The van der Waals surface area contributed by atoms with E-state index in [1.165, 1.54) is 0 Å². The molecule has 0 unspecified atom stereocenters. The van der Waals surface area contributed by atoms with Crippen LogP contribution in [0.15, 0.2) is 29.6 Å². The summed E-state index contributed by atoms with van der Waals surface area (Å²) < 4.78 is 0. The van der Waals surface area contributed by atoms with Crippen LogP contribution in [0.2, 0.25) is 0 Å². The minimum absolute atomic E-state index is 0.189. The number of thiazole rings is 1. The molecule has 116 valence electrons. The number of aryl methyl sites for hydroxylation is 1. The number of carboxylic acids is 1. The molecule has 0 aliphatic carbocycles. The third-order valence-corrected chi connectivity index (χ3v) is 4.03. The Kier molecular flexibility index (Phi) is 4.92. The lowest BCUT2D eigenvalue weighted by atomic mass is 10.0. The van der Waals surface area contributed by atoms with Crippen molar-refractivity contribution in [2.75, 3.05) is 0 Å². The van der Waals surface area contributed by atoms with Crippen LogP contribution in [0.25, 0.3) is 11.3 Å². The number of hydrogen-bond acceptors (Lipinski definition) is 4. The van der Waals surface area contributed by atoms with Crippen molar-refractivity contribution in [2.24, 2.45) is 5.92 Å². The molecule has 0 aliphatic rings. The van der Waals surface area contributed by atoms with Gasteiger partial charge in [0.15, 0.2) is 0 Å². The summed E-state index contributed by atoms with van der Waals surface area (Å²) in [5, 5.41) is 14.6. The van der Waals surface area contributed by atoms with Crippen LogP contribution < -0.4 is 5.32 Å². The van der Waals surface area contributed by atoms with Gasteiger partial charge >= 0.3 is 5.97 Å². The first-order valence-electron chi connectivity index (χ1n) is 6.94. The lowest BCUT2D eigenvalue weighted by molar-refractivity contribution is -0.140. The normalized spacial score (nSPS) is 12.2. The number of aromatic nitrogens is 1. The largest absolute Gasteiger partial charge is 0.480 e. The molecule has 2 rings (SSSR count). The van der Waals surface area contributed by atoms with E-state index in [2.05, 4.69) is 10.3 Å². The number of benzene rings is 1. The first kappa shape index (κ1) is 16.2. The first-order chi connectivity index (χ1) is 10.4. The minimum Gasteiger partial charge on any atom is -0.480 e. The number of nitrogens with zero attached hydrogens (tertiary/aromatic N) is 1. The lowest BCUT2D eigenvalue weighted by Gasteiger charge is -2.18. The Morgan fingerprint density at radius 3 is 2.59 bits per heavy atom. The van der Waals surface area contributed by atoms with Gasteiger partial charge in [-0.1, -0.05) is 26.0 Å². The number of nitrogens with one attached hydrogen (secondary N) is 1. The molecule has 1 aromatic heterocycles. The SMILES string of the molecule is Cc1nc(-c2cccc(C(=O)N[C@@H](C(=O)O)C(C)C)c2)cs1. The lowest BCUT2D eigenvalue weighted by Crippen LogP contribution is -2.44. The molecule has 1 amide bonds. The van der Waals surface area contributed by atoms with Crippen LogP contribution in [-0.2, 0) is 4.79 Å². The second-order valence-electron chi connectivity index (χ2n) is 5.37. The summed E-state index contributed by atoms with van der Waals surface area (Å²) in [6, 6.07) is 6.13. The molecular weight excluding hydrogens is 300 g/mol. The Balaban J connectivity index is 2.22. The van der Waals surface area contributed by atoms with E-state index in [1.54, 1.807) is 43.4 Å². The molecule has 0 bridgehead atoms. The zero-order valence-electron chi connectivity index (χ0n) is 12.7. The smallest absolute Gasteiger partial charge is 0.326 e. The van der Waals surface area contributed by atoms with Gasteiger partial charge in [0.05, 0.1) is 10.7 Å². The van der Waals surface area contributed by atoms with Crippen LogP contribution in [0.4, 0.5) is 0 Å². The Morgan fingerprint density at radius 1 is 1.32 bits per heavy atom. The summed E-state index contributed by atoms with van der Waals surface area (Å²) in [5.41, 5.74) is 2.08. The summed E-state index contributed by atoms with van der Waals surface area (Å²) in [7, 11) is 0. The second-order valence-corrected chi connectivity index (χ2v) is 6.43. The third-order valence-electron chi connectivity index (χ3n) is 3.26. The van der Waals surface area contributed by atoms with Crippen molar-refractivity contribution in [1.29, 1.82) is 0 Å². The number of carbonyl (C=O) groups excluding carboxylic acids is 1. The summed E-state index contributed by atoms with van der Waals surface area (Å²) in [6.45, 7) is 5.44. The molecule has 5 nitrogen and oxygen atoms in total. The van der Waals surface area contributed by atoms with Crippen LogP contribution in [-0.4, -0.2) is 28.0 Å². The molecule has 0 radical (unpaired) electrons. The van der Waals surface area contributed by atoms with Gasteiger partial charge in [-0.15, -0.1) is 11.3 Å². The molecule has 0 aliphatic heterocycles. The van der Waals surface area contributed by atoms with E-state index < -0.39 is 17.9 Å². The molecule has 1 aromatic carbocycles. The van der Waals surface area contributed by atoms with E-state index in [0.717, 1.165) is 16.3 Å². The molecule has 0 spiro atoms. The van der Waals surface area contributed by atoms with Gasteiger partial charge in [0.2, 0.25) is 0 Å². The van der Waals surface area contributed by atoms with Crippen molar-refractivity contribution >= 4 is 23.2 Å². The van der Waals surface area contributed by atoms with Crippen molar-refractivity contribution in [2.45, 2.75) is 26.8 Å². The topological polar surface area (TPSA) is 79.3 Å².